The summed E-state index contributed by atoms with van der Waals surface area (Å²) in [5.74, 6) is 0.347. The Labute approximate surface area is 91.5 Å². The van der Waals surface area contributed by atoms with Gasteiger partial charge in [-0.2, -0.15) is 0 Å². The second kappa shape index (κ2) is 4.79. The van der Waals surface area contributed by atoms with Crippen LogP contribution in [-0.4, -0.2) is 44.2 Å². The molecule has 0 radical (unpaired) electrons. The standard InChI is InChI=1S/C8H16N2O2S.ClH/c11-13(12)6-2-5-10(13)7-8-3-1-4-9-8;/h8-9H,1-7H2;1H/t8-;/m1./s1. The molecule has 1 N–H and O–H groups in total. The van der Waals surface area contributed by atoms with Crippen LogP contribution in [0.25, 0.3) is 0 Å². The van der Waals surface area contributed by atoms with E-state index in [1.54, 1.807) is 4.31 Å². The first-order valence-corrected chi connectivity index (χ1v) is 6.50. The zero-order valence-electron chi connectivity index (χ0n) is 8.11. The smallest absolute Gasteiger partial charge is 0.214 e. The number of nitrogens with zero attached hydrogens (tertiary/aromatic N) is 1. The van der Waals surface area contributed by atoms with Gasteiger partial charge in [0.15, 0.2) is 0 Å². The number of hydrogen-bond acceptors (Lipinski definition) is 3. The van der Waals surface area contributed by atoms with Crippen LogP contribution in [-0.2, 0) is 10.0 Å². The number of rotatable bonds is 2. The molecule has 0 aliphatic carbocycles. The minimum Gasteiger partial charge on any atom is -0.313 e. The van der Waals surface area contributed by atoms with Gasteiger partial charge in [-0.05, 0) is 25.8 Å². The van der Waals surface area contributed by atoms with Crippen LogP contribution in [0.3, 0.4) is 0 Å². The molecule has 0 amide bonds. The first-order chi connectivity index (χ1) is 6.18. The Hall–Kier alpha value is 0.160. The van der Waals surface area contributed by atoms with Crippen LogP contribution in [0.4, 0.5) is 0 Å². The molecular weight excluding hydrogens is 224 g/mol. The van der Waals surface area contributed by atoms with Crippen molar-refractivity contribution in [1.82, 2.24) is 9.62 Å². The molecule has 0 spiro atoms. The first kappa shape index (κ1) is 12.2. The van der Waals surface area contributed by atoms with Gasteiger partial charge in [-0.1, -0.05) is 0 Å². The molecule has 6 heteroatoms. The van der Waals surface area contributed by atoms with Gasteiger partial charge in [-0.25, -0.2) is 12.7 Å². The van der Waals surface area contributed by atoms with Gasteiger partial charge in [0, 0.05) is 19.1 Å². The van der Waals surface area contributed by atoms with Crippen molar-refractivity contribution in [3.63, 3.8) is 0 Å². The Bertz CT molecular complexity index is 275. The fraction of sp³-hybridized carbons (Fsp3) is 1.00. The average Bonchev–Trinajstić information content (AvgIpc) is 2.63. The van der Waals surface area contributed by atoms with Gasteiger partial charge in [-0.3, -0.25) is 0 Å². The Balaban J connectivity index is 0.000000980. The number of nitrogens with one attached hydrogen (secondary N) is 1. The van der Waals surface area contributed by atoms with Crippen LogP contribution in [0.5, 0.6) is 0 Å². The van der Waals surface area contributed by atoms with Crippen molar-refractivity contribution >= 4 is 22.4 Å². The predicted molar refractivity (Wildman–Crippen MR) is 58.2 cm³/mol. The highest BCUT2D eigenvalue weighted by molar-refractivity contribution is 7.89. The quantitative estimate of drug-likeness (QED) is 0.750. The highest BCUT2D eigenvalue weighted by atomic mass is 35.5. The van der Waals surface area contributed by atoms with E-state index in [-0.39, 0.29) is 12.4 Å². The van der Waals surface area contributed by atoms with Gasteiger partial charge in [0.05, 0.1) is 5.75 Å². The third-order valence-corrected chi connectivity index (χ3v) is 4.71. The van der Waals surface area contributed by atoms with Gasteiger partial charge < -0.3 is 5.32 Å². The van der Waals surface area contributed by atoms with Crippen LogP contribution in [0.2, 0.25) is 0 Å². The largest absolute Gasteiger partial charge is 0.313 e. The fourth-order valence-electron chi connectivity index (χ4n) is 2.05. The van der Waals surface area contributed by atoms with E-state index in [0.717, 1.165) is 25.9 Å². The predicted octanol–water partition coefficient (Wildman–Crippen LogP) is 0.196. The third kappa shape index (κ3) is 2.59. The molecule has 0 unspecified atom stereocenters. The van der Waals surface area contributed by atoms with Gasteiger partial charge in [0.25, 0.3) is 0 Å². The van der Waals surface area contributed by atoms with Crippen molar-refractivity contribution < 1.29 is 8.42 Å². The maximum atomic E-state index is 11.4. The molecule has 1 atom stereocenters. The topological polar surface area (TPSA) is 49.4 Å². The third-order valence-electron chi connectivity index (χ3n) is 2.79. The van der Waals surface area contributed by atoms with Gasteiger partial charge in [0.1, 0.15) is 0 Å². The fourth-order valence-corrected chi connectivity index (χ4v) is 3.62. The Morgan fingerprint density at radius 3 is 2.64 bits per heavy atom. The molecule has 2 saturated heterocycles. The molecule has 2 rings (SSSR count). The zero-order valence-corrected chi connectivity index (χ0v) is 9.74. The molecule has 0 aromatic rings. The maximum Gasteiger partial charge on any atom is 0.214 e. The number of halogens is 1. The molecule has 14 heavy (non-hydrogen) atoms. The van der Waals surface area contributed by atoms with Crippen LogP contribution in [0.1, 0.15) is 19.3 Å². The zero-order chi connectivity index (χ0) is 9.31. The lowest BCUT2D eigenvalue weighted by Gasteiger charge is -2.18. The van der Waals surface area contributed by atoms with Crippen LogP contribution in [0.15, 0.2) is 0 Å². The number of sulfonamides is 1. The number of hydrogen-bond donors (Lipinski definition) is 1. The van der Waals surface area contributed by atoms with E-state index < -0.39 is 10.0 Å². The second-order valence-corrected chi connectivity index (χ2v) is 5.91. The molecule has 0 saturated carbocycles. The van der Waals surface area contributed by atoms with E-state index in [0.29, 0.717) is 18.3 Å². The monoisotopic (exact) mass is 240 g/mol. The Morgan fingerprint density at radius 1 is 1.36 bits per heavy atom. The van der Waals surface area contributed by atoms with E-state index in [1.807, 2.05) is 0 Å². The van der Waals surface area contributed by atoms with Crippen molar-refractivity contribution in [3.8, 4) is 0 Å². The van der Waals surface area contributed by atoms with Crippen molar-refractivity contribution in [1.29, 1.82) is 0 Å². The van der Waals surface area contributed by atoms with E-state index in [1.165, 1.54) is 6.42 Å². The lowest BCUT2D eigenvalue weighted by atomic mass is 10.2. The summed E-state index contributed by atoms with van der Waals surface area (Å²) in [7, 11) is -2.88. The minimum absolute atomic E-state index is 0. The molecular formula is C8H17ClN2O2S. The summed E-state index contributed by atoms with van der Waals surface area (Å²) >= 11 is 0. The molecule has 2 heterocycles. The molecule has 2 fully saturated rings. The Kier molecular flexibility index (Phi) is 4.18. The summed E-state index contributed by atoms with van der Waals surface area (Å²) in [6.07, 6.45) is 3.10. The van der Waals surface area contributed by atoms with Gasteiger partial charge in [-0.15, -0.1) is 12.4 Å². The van der Waals surface area contributed by atoms with E-state index >= 15 is 0 Å². The highest BCUT2D eigenvalue weighted by Crippen LogP contribution is 2.16. The molecule has 84 valence electrons. The summed E-state index contributed by atoms with van der Waals surface area (Å²) in [6, 6.07) is 0.396. The average molecular weight is 241 g/mol. The summed E-state index contributed by atoms with van der Waals surface area (Å²) in [4.78, 5) is 0. The molecule has 2 aliphatic rings. The lowest BCUT2D eigenvalue weighted by molar-refractivity contribution is 0.394. The van der Waals surface area contributed by atoms with Crippen molar-refractivity contribution in [2.45, 2.75) is 25.3 Å². The van der Waals surface area contributed by atoms with E-state index in [4.69, 9.17) is 0 Å². The second-order valence-electron chi connectivity index (χ2n) is 3.82. The summed E-state index contributed by atoms with van der Waals surface area (Å²) < 4.78 is 24.5. The van der Waals surface area contributed by atoms with Gasteiger partial charge >= 0.3 is 0 Å². The van der Waals surface area contributed by atoms with Crippen LogP contribution >= 0.6 is 12.4 Å². The molecule has 0 bridgehead atoms. The van der Waals surface area contributed by atoms with E-state index in [2.05, 4.69) is 5.32 Å². The summed E-state index contributed by atoms with van der Waals surface area (Å²) in [5, 5.41) is 3.32. The van der Waals surface area contributed by atoms with Crippen LogP contribution in [0, 0.1) is 0 Å². The van der Waals surface area contributed by atoms with Crippen molar-refractivity contribution in [3.05, 3.63) is 0 Å². The van der Waals surface area contributed by atoms with Gasteiger partial charge in [0.2, 0.25) is 10.0 Å². The highest BCUT2D eigenvalue weighted by Gasteiger charge is 2.30. The van der Waals surface area contributed by atoms with Crippen LogP contribution < -0.4 is 5.32 Å². The molecule has 2 aliphatic heterocycles. The van der Waals surface area contributed by atoms with Crippen molar-refractivity contribution in [2.75, 3.05) is 25.4 Å². The normalized spacial score (nSPS) is 31.6. The van der Waals surface area contributed by atoms with Crippen molar-refractivity contribution in [2.24, 2.45) is 0 Å². The minimum atomic E-state index is -2.88. The first-order valence-electron chi connectivity index (χ1n) is 4.90. The lowest BCUT2D eigenvalue weighted by Crippen LogP contribution is -2.38. The molecule has 0 aromatic heterocycles. The van der Waals surface area contributed by atoms with E-state index in [9.17, 15) is 8.42 Å². The molecule has 4 nitrogen and oxygen atoms in total. The summed E-state index contributed by atoms with van der Waals surface area (Å²) in [5.41, 5.74) is 0. The SMILES string of the molecule is Cl.O=S1(=O)CCCN1C[C@H]1CCCN1. The Morgan fingerprint density at radius 2 is 2.14 bits per heavy atom. The summed E-state index contributed by atoms with van der Waals surface area (Å²) in [6.45, 7) is 2.45. The molecule has 0 aromatic carbocycles. The maximum absolute atomic E-state index is 11.4.